The molecule has 1 aromatic carbocycles. The van der Waals surface area contributed by atoms with Crippen molar-refractivity contribution in [3.8, 4) is 5.75 Å². The summed E-state index contributed by atoms with van der Waals surface area (Å²) in [6.45, 7) is 3.48. The molecular weight excluding hydrogens is 210 g/mol. The van der Waals surface area contributed by atoms with Gasteiger partial charge in [-0.1, -0.05) is 13.3 Å². The Morgan fingerprint density at radius 1 is 1.24 bits per heavy atom. The molecule has 1 heterocycles. The topological polar surface area (TPSA) is 12.5 Å². The Hall–Kier alpha value is -1.18. The first-order valence-corrected chi connectivity index (χ1v) is 6.76. The van der Waals surface area contributed by atoms with Gasteiger partial charge in [-0.05, 0) is 49.9 Å². The molecule has 0 saturated carbocycles. The van der Waals surface area contributed by atoms with Crippen LogP contribution in [0.1, 0.15) is 39.0 Å². The van der Waals surface area contributed by atoms with Gasteiger partial charge in [0.15, 0.2) is 0 Å². The van der Waals surface area contributed by atoms with Crippen molar-refractivity contribution in [3.63, 3.8) is 0 Å². The average Bonchev–Trinajstić information content (AvgIpc) is 2.40. The number of rotatable bonds is 4. The van der Waals surface area contributed by atoms with Crippen molar-refractivity contribution in [2.45, 2.75) is 45.1 Å². The van der Waals surface area contributed by atoms with Crippen molar-refractivity contribution in [2.75, 3.05) is 18.6 Å². The van der Waals surface area contributed by atoms with Crippen LogP contribution in [0.5, 0.6) is 5.75 Å². The van der Waals surface area contributed by atoms with Crippen molar-refractivity contribution in [3.05, 3.63) is 24.3 Å². The molecule has 2 heteroatoms. The Labute approximate surface area is 105 Å². The highest BCUT2D eigenvalue weighted by atomic mass is 16.5. The number of methoxy groups -OCH3 is 1. The molecule has 0 unspecified atom stereocenters. The van der Waals surface area contributed by atoms with Crippen molar-refractivity contribution < 1.29 is 4.74 Å². The molecule has 0 amide bonds. The molecule has 0 aliphatic carbocycles. The number of ether oxygens (including phenoxy) is 1. The van der Waals surface area contributed by atoms with Crippen LogP contribution in [0.3, 0.4) is 0 Å². The van der Waals surface area contributed by atoms with Crippen LogP contribution in [0.15, 0.2) is 24.3 Å². The number of anilines is 1. The van der Waals surface area contributed by atoms with Gasteiger partial charge in [-0.15, -0.1) is 0 Å². The van der Waals surface area contributed by atoms with Gasteiger partial charge in [0, 0.05) is 18.3 Å². The largest absolute Gasteiger partial charge is 0.497 e. The minimum Gasteiger partial charge on any atom is -0.497 e. The van der Waals surface area contributed by atoms with Gasteiger partial charge in [-0.25, -0.2) is 0 Å². The third kappa shape index (κ3) is 2.93. The number of hydrogen-bond donors (Lipinski definition) is 0. The van der Waals surface area contributed by atoms with Crippen LogP contribution in [0.4, 0.5) is 5.69 Å². The molecule has 17 heavy (non-hydrogen) atoms. The van der Waals surface area contributed by atoms with E-state index in [2.05, 4.69) is 36.1 Å². The SMILES string of the molecule is CCC[C@H]1CCCCN1c1ccc(OC)cc1. The molecule has 1 atom stereocenters. The van der Waals surface area contributed by atoms with Gasteiger partial charge in [0.2, 0.25) is 0 Å². The van der Waals surface area contributed by atoms with E-state index in [0.29, 0.717) is 0 Å². The van der Waals surface area contributed by atoms with E-state index in [-0.39, 0.29) is 0 Å². The summed E-state index contributed by atoms with van der Waals surface area (Å²) in [7, 11) is 1.72. The van der Waals surface area contributed by atoms with Crippen LogP contribution in [0.25, 0.3) is 0 Å². The summed E-state index contributed by atoms with van der Waals surface area (Å²) < 4.78 is 5.21. The van der Waals surface area contributed by atoms with Crippen molar-refractivity contribution >= 4 is 5.69 Å². The minimum atomic E-state index is 0.738. The number of benzene rings is 1. The second kappa shape index (κ2) is 5.95. The summed E-state index contributed by atoms with van der Waals surface area (Å²) in [5.74, 6) is 0.942. The summed E-state index contributed by atoms with van der Waals surface area (Å²) in [5, 5.41) is 0. The number of hydrogen-bond acceptors (Lipinski definition) is 2. The minimum absolute atomic E-state index is 0.738. The lowest BCUT2D eigenvalue weighted by atomic mass is 9.97. The average molecular weight is 233 g/mol. The van der Waals surface area contributed by atoms with Gasteiger partial charge in [0.1, 0.15) is 5.75 Å². The fourth-order valence-corrected chi connectivity index (χ4v) is 2.75. The third-order valence-corrected chi connectivity index (χ3v) is 3.65. The highest BCUT2D eigenvalue weighted by Crippen LogP contribution is 2.28. The zero-order valence-electron chi connectivity index (χ0n) is 11.0. The molecule has 1 aliphatic rings. The standard InChI is InChI=1S/C15H23NO/c1-3-6-13-7-4-5-12-16(13)14-8-10-15(17-2)11-9-14/h8-11,13H,3-7,12H2,1-2H3/t13-/m0/s1. The smallest absolute Gasteiger partial charge is 0.119 e. The van der Waals surface area contributed by atoms with Gasteiger partial charge in [0.25, 0.3) is 0 Å². The molecule has 0 aromatic heterocycles. The lowest BCUT2D eigenvalue weighted by Crippen LogP contribution is -2.39. The molecule has 1 saturated heterocycles. The number of nitrogens with zero attached hydrogens (tertiary/aromatic N) is 1. The van der Waals surface area contributed by atoms with Crippen molar-refractivity contribution in [2.24, 2.45) is 0 Å². The molecule has 0 bridgehead atoms. The summed E-state index contributed by atoms with van der Waals surface area (Å²) in [6.07, 6.45) is 6.65. The van der Waals surface area contributed by atoms with Gasteiger partial charge >= 0.3 is 0 Å². The predicted molar refractivity (Wildman–Crippen MR) is 72.9 cm³/mol. The van der Waals surface area contributed by atoms with Crippen LogP contribution in [-0.2, 0) is 0 Å². The highest BCUT2D eigenvalue weighted by molar-refractivity contribution is 5.50. The molecule has 0 N–H and O–H groups in total. The fraction of sp³-hybridized carbons (Fsp3) is 0.600. The molecule has 0 spiro atoms. The molecule has 2 nitrogen and oxygen atoms in total. The van der Waals surface area contributed by atoms with Gasteiger partial charge in [0.05, 0.1) is 7.11 Å². The van der Waals surface area contributed by atoms with E-state index in [0.717, 1.165) is 11.8 Å². The van der Waals surface area contributed by atoms with E-state index in [1.807, 2.05) is 0 Å². The monoisotopic (exact) mass is 233 g/mol. The molecule has 94 valence electrons. The van der Waals surface area contributed by atoms with Crippen LogP contribution < -0.4 is 9.64 Å². The van der Waals surface area contributed by atoms with E-state index < -0.39 is 0 Å². The van der Waals surface area contributed by atoms with Crippen LogP contribution in [0, 0.1) is 0 Å². The Balaban J connectivity index is 2.11. The zero-order chi connectivity index (χ0) is 12.1. The molecule has 1 aliphatic heterocycles. The predicted octanol–water partition coefficient (Wildman–Crippen LogP) is 3.85. The Morgan fingerprint density at radius 3 is 2.65 bits per heavy atom. The molecule has 1 fully saturated rings. The van der Waals surface area contributed by atoms with Crippen LogP contribution in [-0.4, -0.2) is 19.7 Å². The lowest BCUT2D eigenvalue weighted by molar-refractivity contribution is 0.414. The normalized spacial score (nSPS) is 20.4. The summed E-state index contributed by atoms with van der Waals surface area (Å²) >= 11 is 0. The van der Waals surface area contributed by atoms with Crippen LogP contribution >= 0.6 is 0 Å². The summed E-state index contributed by atoms with van der Waals surface area (Å²) in [4.78, 5) is 2.58. The van der Waals surface area contributed by atoms with E-state index >= 15 is 0 Å². The van der Waals surface area contributed by atoms with Gasteiger partial charge < -0.3 is 9.64 Å². The zero-order valence-corrected chi connectivity index (χ0v) is 11.0. The van der Waals surface area contributed by atoms with Gasteiger partial charge in [-0.3, -0.25) is 0 Å². The second-order valence-electron chi connectivity index (χ2n) is 4.83. The maximum absolute atomic E-state index is 5.21. The van der Waals surface area contributed by atoms with Crippen LogP contribution in [0.2, 0.25) is 0 Å². The molecular formula is C15H23NO. The van der Waals surface area contributed by atoms with Crippen molar-refractivity contribution in [1.29, 1.82) is 0 Å². The van der Waals surface area contributed by atoms with Crippen molar-refractivity contribution in [1.82, 2.24) is 0 Å². The maximum atomic E-state index is 5.21. The Bertz CT molecular complexity index is 331. The van der Waals surface area contributed by atoms with E-state index in [1.54, 1.807) is 7.11 Å². The first-order valence-electron chi connectivity index (χ1n) is 6.76. The quantitative estimate of drug-likeness (QED) is 0.783. The van der Waals surface area contributed by atoms with E-state index in [1.165, 1.54) is 44.3 Å². The third-order valence-electron chi connectivity index (χ3n) is 3.65. The molecule has 2 rings (SSSR count). The summed E-state index contributed by atoms with van der Waals surface area (Å²) in [6, 6.07) is 9.24. The first-order chi connectivity index (χ1) is 8.35. The second-order valence-corrected chi connectivity index (χ2v) is 4.83. The maximum Gasteiger partial charge on any atom is 0.119 e. The number of piperidine rings is 1. The van der Waals surface area contributed by atoms with E-state index in [4.69, 9.17) is 4.74 Å². The Morgan fingerprint density at radius 2 is 2.00 bits per heavy atom. The fourth-order valence-electron chi connectivity index (χ4n) is 2.75. The Kier molecular flexibility index (Phi) is 4.29. The van der Waals surface area contributed by atoms with Gasteiger partial charge in [-0.2, -0.15) is 0 Å². The first kappa shape index (κ1) is 12.3. The highest BCUT2D eigenvalue weighted by Gasteiger charge is 2.21. The molecule has 1 aromatic rings. The molecule has 0 radical (unpaired) electrons. The lowest BCUT2D eigenvalue weighted by Gasteiger charge is -2.37. The summed E-state index contributed by atoms with van der Waals surface area (Å²) in [5.41, 5.74) is 1.35. The van der Waals surface area contributed by atoms with E-state index in [9.17, 15) is 0 Å².